The van der Waals surface area contributed by atoms with Crippen LogP contribution in [0.5, 0.6) is 0 Å². The zero-order valence-corrected chi connectivity index (χ0v) is 12.1. The number of fused-ring (bicyclic) bond motifs is 3. The number of aromatic amines is 1. The Morgan fingerprint density at radius 2 is 1.83 bits per heavy atom. The minimum absolute atomic E-state index is 0.267. The van der Waals surface area contributed by atoms with Crippen molar-refractivity contribution in [1.82, 2.24) is 4.98 Å². The molecule has 0 unspecified atom stereocenters. The molecular weight excluding hydrogens is 218 g/mol. The summed E-state index contributed by atoms with van der Waals surface area (Å²) in [6.45, 7) is 11.7. The molecule has 18 heavy (non-hydrogen) atoms. The molecule has 0 bridgehead atoms. The number of aromatic nitrogens is 1. The van der Waals surface area contributed by atoms with Gasteiger partial charge in [-0.25, -0.2) is 0 Å². The van der Waals surface area contributed by atoms with Crippen molar-refractivity contribution in [3.63, 3.8) is 0 Å². The number of H-pyrrole nitrogens is 1. The van der Waals surface area contributed by atoms with E-state index in [1.165, 1.54) is 35.0 Å². The van der Waals surface area contributed by atoms with Crippen LogP contribution in [0.1, 0.15) is 50.9 Å². The molecule has 1 aliphatic carbocycles. The van der Waals surface area contributed by atoms with Crippen molar-refractivity contribution in [1.29, 1.82) is 0 Å². The van der Waals surface area contributed by atoms with Crippen molar-refractivity contribution in [2.24, 2.45) is 5.41 Å². The average molecular weight is 241 g/mol. The Balaban J connectivity index is 2.34. The average Bonchev–Trinajstić information content (AvgIpc) is 2.54. The number of benzene rings is 1. The predicted octanol–water partition coefficient (Wildman–Crippen LogP) is 4.73. The smallest absolute Gasteiger partial charge is 0.0488 e. The Morgan fingerprint density at radius 1 is 1.11 bits per heavy atom. The summed E-state index contributed by atoms with van der Waals surface area (Å²) in [6.07, 6.45) is 2.42. The second kappa shape index (κ2) is 3.40. The third kappa shape index (κ3) is 1.60. The maximum Gasteiger partial charge on any atom is 0.0488 e. The third-order valence-corrected chi connectivity index (χ3v) is 4.37. The minimum atomic E-state index is 0.267. The highest BCUT2D eigenvalue weighted by Crippen LogP contribution is 2.48. The van der Waals surface area contributed by atoms with Crippen LogP contribution in [0.3, 0.4) is 0 Å². The van der Waals surface area contributed by atoms with Crippen LogP contribution in [0.15, 0.2) is 18.2 Å². The molecule has 2 aromatic rings. The zero-order chi connectivity index (χ0) is 13.1. The first-order valence-corrected chi connectivity index (χ1v) is 6.91. The van der Waals surface area contributed by atoms with E-state index in [0.29, 0.717) is 5.41 Å². The van der Waals surface area contributed by atoms with Gasteiger partial charge in [0.2, 0.25) is 0 Å². The lowest BCUT2D eigenvalue weighted by atomic mass is 9.64. The van der Waals surface area contributed by atoms with Gasteiger partial charge in [-0.1, -0.05) is 45.9 Å². The Bertz CT molecular complexity index is 614. The van der Waals surface area contributed by atoms with Gasteiger partial charge in [0.05, 0.1) is 0 Å². The fourth-order valence-electron chi connectivity index (χ4n) is 4.15. The largest absolute Gasteiger partial charge is 0.358 e. The van der Waals surface area contributed by atoms with Gasteiger partial charge in [0, 0.05) is 16.6 Å². The van der Waals surface area contributed by atoms with Crippen molar-refractivity contribution in [2.75, 3.05) is 0 Å². The van der Waals surface area contributed by atoms with Crippen molar-refractivity contribution >= 4 is 10.9 Å². The molecule has 0 radical (unpaired) electrons. The lowest BCUT2D eigenvalue weighted by Gasteiger charge is -2.40. The van der Waals surface area contributed by atoms with Crippen molar-refractivity contribution in [3.05, 3.63) is 35.0 Å². The van der Waals surface area contributed by atoms with Gasteiger partial charge in [-0.3, -0.25) is 0 Å². The highest BCUT2D eigenvalue weighted by molar-refractivity contribution is 5.88. The number of hydrogen-bond donors (Lipinski definition) is 1. The minimum Gasteiger partial charge on any atom is -0.358 e. The lowest BCUT2D eigenvalue weighted by Crippen LogP contribution is -2.34. The fraction of sp³-hybridized carbons (Fsp3) is 0.529. The molecule has 1 aromatic heterocycles. The molecule has 1 aromatic carbocycles. The van der Waals surface area contributed by atoms with Gasteiger partial charge < -0.3 is 4.98 Å². The van der Waals surface area contributed by atoms with Gasteiger partial charge in [0.15, 0.2) is 0 Å². The van der Waals surface area contributed by atoms with Crippen LogP contribution in [0.2, 0.25) is 0 Å². The van der Waals surface area contributed by atoms with Crippen LogP contribution < -0.4 is 0 Å². The molecule has 1 aliphatic rings. The third-order valence-electron chi connectivity index (χ3n) is 4.37. The fourth-order valence-corrected chi connectivity index (χ4v) is 4.15. The summed E-state index contributed by atoms with van der Waals surface area (Å²) in [4.78, 5) is 3.70. The molecule has 0 fully saturated rings. The van der Waals surface area contributed by atoms with Gasteiger partial charge in [0.1, 0.15) is 0 Å². The molecule has 1 nitrogen and oxygen atoms in total. The molecule has 1 heterocycles. The quantitative estimate of drug-likeness (QED) is 0.686. The Labute approximate surface area is 110 Å². The molecule has 96 valence electrons. The van der Waals surface area contributed by atoms with Crippen LogP contribution in [0, 0.1) is 12.3 Å². The van der Waals surface area contributed by atoms with E-state index in [1.807, 2.05) is 0 Å². The monoisotopic (exact) mass is 241 g/mol. The molecule has 0 aliphatic heterocycles. The molecule has 0 saturated carbocycles. The number of aryl methyl sites for hydroxylation is 1. The maximum absolute atomic E-state index is 3.70. The van der Waals surface area contributed by atoms with E-state index in [0.717, 1.165) is 0 Å². The summed E-state index contributed by atoms with van der Waals surface area (Å²) in [7, 11) is 0. The van der Waals surface area contributed by atoms with Crippen molar-refractivity contribution in [3.8, 4) is 0 Å². The first-order valence-electron chi connectivity index (χ1n) is 6.91. The molecule has 3 rings (SSSR count). The van der Waals surface area contributed by atoms with Crippen molar-refractivity contribution in [2.45, 2.75) is 52.9 Å². The van der Waals surface area contributed by atoms with Gasteiger partial charge in [-0.2, -0.15) is 0 Å². The topological polar surface area (TPSA) is 15.8 Å². The molecule has 0 saturated heterocycles. The van der Waals surface area contributed by atoms with E-state index >= 15 is 0 Å². The molecule has 1 heteroatoms. The second-order valence-corrected chi connectivity index (χ2v) is 7.38. The van der Waals surface area contributed by atoms with Crippen LogP contribution in [-0.4, -0.2) is 4.98 Å². The second-order valence-electron chi connectivity index (χ2n) is 7.38. The molecule has 1 N–H and O–H groups in total. The van der Waals surface area contributed by atoms with E-state index in [9.17, 15) is 0 Å². The molecular formula is C17H23N. The summed E-state index contributed by atoms with van der Waals surface area (Å²) in [5, 5.41) is 1.44. The van der Waals surface area contributed by atoms with Gasteiger partial charge in [-0.05, 0) is 41.7 Å². The standard InChI is InChI=1S/C17H23N/c1-11-7-6-8-12-14-13(18-15(11)12)9-16(2,3)10-17(14,4)5/h6-8,18H,9-10H2,1-5H3. The lowest BCUT2D eigenvalue weighted by molar-refractivity contribution is 0.231. The van der Waals surface area contributed by atoms with Crippen LogP contribution in [0.25, 0.3) is 10.9 Å². The SMILES string of the molecule is Cc1cccc2c3c([nH]c12)CC(C)(C)CC3(C)C. The van der Waals surface area contributed by atoms with Crippen LogP contribution in [0.4, 0.5) is 0 Å². The highest BCUT2D eigenvalue weighted by Gasteiger charge is 2.39. The van der Waals surface area contributed by atoms with Gasteiger partial charge >= 0.3 is 0 Å². The first-order chi connectivity index (χ1) is 8.30. The molecule has 0 spiro atoms. The first kappa shape index (κ1) is 11.8. The summed E-state index contributed by atoms with van der Waals surface area (Å²) in [5.74, 6) is 0. The summed E-state index contributed by atoms with van der Waals surface area (Å²) in [6, 6.07) is 6.65. The Hall–Kier alpha value is -1.24. The summed E-state index contributed by atoms with van der Waals surface area (Å²) >= 11 is 0. The number of nitrogens with one attached hydrogen (secondary N) is 1. The van der Waals surface area contributed by atoms with Gasteiger partial charge in [0.25, 0.3) is 0 Å². The van der Waals surface area contributed by atoms with E-state index in [1.54, 1.807) is 5.56 Å². The summed E-state index contributed by atoms with van der Waals surface area (Å²) < 4.78 is 0. The molecule has 0 amide bonds. The highest BCUT2D eigenvalue weighted by atomic mass is 14.7. The van der Waals surface area contributed by atoms with E-state index in [2.05, 4.69) is 57.8 Å². The predicted molar refractivity (Wildman–Crippen MR) is 78.2 cm³/mol. The Morgan fingerprint density at radius 3 is 2.56 bits per heavy atom. The Kier molecular flexibility index (Phi) is 2.24. The van der Waals surface area contributed by atoms with Crippen molar-refractivity contribution < 1.29 is 0 Å². The van der Waals surface area contributed by atoms with E-state index in [4.69, 9.17) is 0 Å². The number of hydrogen-bond acceptors (Lipinski definition) is 0. The molecule has 0 atom stereocenters. The van der Waals surface area contributed by atoms with Gasteiger partial charge in [-0.15, -0.1) is 0 Å². The number of para-hydroxylation sites is 1. The maximum atomic E-state index is 3.70. The van der Waals surface area contributed by atoms with E-state index < -0.39 is 0 Å². The number of rotatable bonds is 0. The zero-order valence-electron chi connectivity index (χ0n) is 12.1. The van der Waals surface area contributed by atoms with Crippen LogP contribution >= 0.6 is 0 Å². The summed E-state index contributed by atoms with van der Waals surface area (Å²) in [5.41, 5.74) is 6.37. The normalized spacial score (nSPS) is 20.9. The van der Waals surface area contributed by atoms with Crippen LogP contribution in [-0.2, 0) is 11.8 Å². The van der Waals surface area contributed by atoms with E-state index in [-0.39, 0.29) is 5.41 Å².